The van der Waals surface area contributed by atoms with Crippen molar-refractivity contribution in [1.29, 1.82) is 0 Å². The van der Waals surface area contributed by atoms with Gasteiger partial charge in [-0.15, -0.1) is 0 Å². The number of methoxy groups -OCH3 is 2. The highest BCUT2D eigenvalue weighted by atomic mass is 16.5. The predicted molar refractivity (Wildman–Crippen MR) is 96.7 cm³/mol. The molecule has 0 bridgehead atoms. The standard InChI is InChI=1S/C19H18N4O4/c1-11-18(24)22(10-12-6-7-13(26-2)9-15(12)27-3)19(25)17-21-14-5-4-8-20-16(14)23(11)17/h4-9,11H,10H2,1-3H3. The van der Waals surface area contributed by atoms with E-state index in [1.54, 1.807) is 55.1 Å². The van der Waals surface area contributed by atoms with Crippen LogP contribution in [0.15, 0.2) is 36.5 Å². The van der Waals surface area contributed by atoms with Gasteiger partial charge >= 0.3 is 0 Å². The van der Waals surface area contributed by atoms with Crippen molar-refractivity contribution in [3.05, 3.63) is 47.9 Å². The number of carbonyl (C=O) groups excluding carboxylic acids is 2. The first-order valence-corrected chi connectivity index (χ1v) is 8.44. The van der Waals surface area contributed by atoms with Crippen LogP contribution in [0.25, 0.3) is 11.2 Å². The van der Waals surface area contributed by atoms with E-state index in [9.17, 15) is 9.59 Å². The first-order valence-electron chi connectivity index (χ1n) is 8.44. The first-order chi connectivity index (χ1) is 13.0. The first kappa shape index (κ1) is 17.0. The minimum Gasteiger partial charge on any atom is -0.497 e. The number of nitrogens with zero attached hydrogens (tertiary/aromatic N) is 4. The molecule has 3 aromatic rings. The van der Waals surface area contributed by atoms with Crippen molar-refractivity contribution in [2.75, 3.05) is 14.2 Å². The van der Waals surface area contributed by atoms with E-state index < -0.39 is 11.9 Å². The van der Waals surface area contributed by atoms with Gasteiger partial charge in [0.1, 0.15) is 23.1 Å². The third kappa shape index (κ3) is 2.61. The molecule has 8 nitrogen and oxygen atoms in total. The molecule has 1 unspecified atom stereocenters. The lowest BCUT2D eigenvalue weighted by Gasteiger charge is -2.30. The molecule has 1 aliphatic rings. The fourth-order valence-electron chi connectivity index (χ4n) is 3.31. The summed E-state index contributed by atoms with van der Waals surface area (Å²) < 4.78 is 12.2. The molecule has 0 spiro atoms. The molecule has 27 heavy (non-hydrogen) atoms. The van der Waals surface area contributed by atoms with Crippen LogP contribution in [-0.4, -0.2) is 45.5 Å². The smallest absolute Gasteiger partial charge is 0.296 e. The number of fused-ring (bicyclic) bond motifs is 3. The van der Waals surface area contributed by atoms with Crippen LogP contribution in [0.2, 0.25) is 0 Å². The van der Waals surface area contributed by atoms with Crippen LogP contribution in [0.5, 0.6) is 11.5 Å². The monoisotopic (exact) mass is 366 g/mol. The summed E-state index contributed by atoms with van der Waals surface area (Å²) in [5.74, 6) is 0.629. The van der Waals surface area contributed by atoms with Crippen LogP contribution in [-0.2, 0) is 11.3 Å². The number of hydrogen-bond donors (Lipinski definition) is 0. The molecule has 0 aliphatic carbocycles. The van der Waals surface area contributed by atoms with E-state index >= 15 is 0 Å². The van der Waals surface area contributed by atoms with E-state index in [1.807, 2.05) is 0 Å². The summed E-state index contributed by atoms with van der Waals surface area (Å²) in [4.78, 5) is 35.8. The highest BCUT2D eigenvalue weighted by Crippen LogP contribution is 2.31. The van der Waals surface area contributed by atoms with Gasteiger partial charge in [-0.2, -0.15) is 0 Å². The van der Waals surface area contributed by atoms with Crippen molar-refractivity contribution < 1.29 is 19.1 Å². The largest absolute Gasteiger partial charge is 0.497 e. The number of carbonyl (C=O) groups is 2. The van der Waals surface area contributed by atoms with E-state index in [4.69, 9.17) is 9.47 Å². The summed E-state index contributed by atoms with van der Waals surface area (Å²) in [6, 6.07) is 8.20. The Morgan fingerprint density at radius 1 is 1.15 bits per heavy atom. The molecule has 8 heteroatoms. The van der Waals surface area contributed by atoms with Crippen LogP contribution >= 0.6 is 0 Å². The minimum atomic E-state index is -0.582. The zero-order valence-corrected chi connectivity index (χ0v) is 15.2. The van der Waals surface area contributed by atoms with Crippen molar-refractivity contribution in [3.63, 3.8) is 0 Å². The van der Waals surface area contributed by atoms with Gasteiger partial charge in [0.25, 0.3) is 11.8 Å². The fraction of sp³-hybridized carbons (Fsp3) is 0.263. The molecule has 1 aliphatic heterocycles. The van der Waals surface area contributed by atoms with E-state index in [0.29, 0.717) is 28.2 Å². The molecule has 4 rings (SSSR count). The van der Waals surface area contributed by atoms with Crippen LogP contribution in [0.3, 0.4) is 0 Å². The molecule has 1 atom stereocenters. The summed E-state index contributed by atoms with van der Waals surface area (Å²) in [5.41, 5.74) is 1.82. The number of amides is 2. The minimum absolute atomic E-state index is 0.0891. The Kier molecular flexibility index (Phi) is 4.02. The van der Waals surface area contributed by atoms with Crippen LogP contribution in [0, 0.1) is 0 Å². The van der Waals surface area contributed by atoms with Gasteiger partial charge in [-0.3, -0.25) is 19.1 Å². The molecule has 3 heterocycles. The Morgan fingerprint density at radius 2 is 1.96 bits per heavy atom. The van der Waals surface area contributed by atoms with E-state index in [0.717, 1.165) is 0 Å². The molecule has 2 amide bonds. The maximum absolute atomic E-state index is 13.0. The highest BCUT2D eigenvalue weighted by molar-refractivity contribution is 6.08. The summed E-state index contributed by atoms with van der Waals surface area (Å²) in [7, 11) is 3.10. The number of rotatable bonds is 4. The van der Waals surface area contributed by atoms with Crippen molar-refractivity contribution in [3.8, 4) is 11.5 Å². The van der Waals surface area contributed by atoms with Crippen LogP contribution in [0.1, 0.15) is 29.1 Å². The number of aromatic nitrogens is 3. The quantitative estimate of drug-likeness (QED) is 0.658. The van der Waals surface area contributed by atoms with Gasteiger partial charge in [0, 0.05) is 17.8 Å². The number of ether oxygens (including phenoxy) is 2. The van der Waals surface area contributed by atoms with E-state index in [-0.39, 0.29) is 18.3 Å². The van der Waals surface area contributed by atoms with Gasteiger partial charge in [-0.25, -0.2) is 9.97 Å². The van der Waals surface area contributed by atoms with Crippen molar-refractivity contribution >= 4 is 23.0 Å². The average Bonchev–Trinajstić information content (AvgIpc) is 3.09. The van der Waals surface area contributed by atoms with Crippen LogP contribution < -0.4 is 9.47 Å². The lowest BCUT2D eigenvalue weighted by molar-refractivity contribution is -0.133. The molecule has 0 radical (unpaired) electrons. The lowest BCUT2D eigenvalue weighted by Crippen LogP contribution is -2.46. The van der Waals surface area contributed by atoms with Gasteiger partial charge in [0.2, 0.25) is 5.82 Å². The van der Waals surface area contributed by atoms with Crippen LogP contribution in [0.4, 0.5) is 0 Å². The summed E-state index contributed by atoms with van der Waals surface area (Å²) in [6.07, 6.45) is 1.62. The maximum atomic E-state index is 13.0. The molecular formula is C19H18N4O4. The maximum Gasteiger partial charge on any atom is 0.296 e. The van der Waals surface area contributed by atoms with Gasteiger partial charge in [-0.1, -0.05) is 0 Å². The molecule has 0 fully saturated rings. The third-order valence-corrected chi connectivity index (χ3v) is 4.72. The van der Waals surface area contributed by atoms with Crippen molar-refractivity contribution in [1.82, 2.24) is 19.4 Å². The molecule has 1 aromatic carbocycles. The predicted octanol–water partition coefficient (Wildman–Crippen LogP) is 2.19. The van der Waals surface area contributed by atoms with E-state index in [1.165, 1.54) is 12.0 Å². The molecule has 138 valence electrons. The molecule has 2 aromatic heterocycles. The van der Waals surface area contributed by atoms with Gasteiger partial charge in [0.05, 0.1) is 20.8 Å². The number of pyridine rings is 1. The van der Waals surface area contributed by atoms with Gasteiger partial charge in [0.15, 0.2) is 5.65 Å². The average molecular weight is 366 g/mol. The number of imide groups is 1. The van der Waals surface area contributed by atoms with Gasteiger partial charge < -0.3 is 9.47 Å². The number of imidazole rings is 1. The second-order valence-electron chi connectivity index (χ2n) is 6.23. The van der Waals surface area contributed by atoms with Crippen molar-refractivity contribution in [2.24, 2.45) is 0 Å². The Bertz CT molecular complexity index is 1060. The SMILES string of the molecule is COc1ccc(CN2C(=O)c3nc4cccnc4n3C(C)C2=O)c(OC)c1. The Hall–Kier alpha value is -3.42. The number of hydrogen-bond acceptors (Lipinski definition) is 6. The Labute approximate surface area is 155 Å². The normalized spacial score (nSPS) is 16.6. The molecule has 0 saturated carbocycles. The van der Waals surface area contributed by atoms with Crippen molar-refractivity contribution in [2.45, 2.75) is 19.5 Å². The topological polar surface area (TPSA) is 86.5 Å². The fourth-order valence-corrected chi connectivity index (χ4v) is 3.31. The lowest BCUT2D eigenvalue weighted by atomic mass is 10.1. The highest BCUT2D eigenvalue weighted by Gasteiger charge is 2.39. The molecule has 0 N–H and O–H groups in total. The summed E-state index contributed by atoms with van der Waals surface area (Å²) >= 11 is 0. The zero-order valence-electron chi connectivity index (χ0n) is 15.2. The Balaban J connectivity index is 1.75. The third-order valence-electron chi connectivity index (χ3n) is 4.72. The van der Waals surface area contributed by atoms with E-state index in [2.05, 4.69) is 9.97 Å². The molecular weight excluding hydrogens is 348 g/mol. The second kappa shape index (κ2) is 6.39. The van der Waals surface area contributed by atoms with Gasteiger partial charge in [-0.05, 0) is 31.2 Å². The summed E-state index contributed by atoms with van der Waals surface area (Å²) in [6.45, 7) is 1.83. The zero-order chi connectivity index (χ0) is 19.1. The molecule has 0 saturated heterocycles. The Morgan fingerprint density at radius 3 is 2.70 bits per heavy atom. The second-order valence-corrected chi connectivity index (χ2v) is 6.23. The summed E-state index contributed by atoms with van der Waals surface area (Å²) in [5, 5.41) is 0. The number of benzene rings is 1.